The van der Waals surface area contributed by atoms with Gasteiger partial charge in [0.15, 0.2) is 0 Å². The summed E-state index contributed by atoms with van der Waals surface area (Å²) >= 11 is 0. The third kappa shape index (κ3) is 3.45. The zero-order chi connectivity index (χ0) is 14.4. The molecule has 2 N–H and O–H groups in total. The van der Waals surface area contributed by atoms with Crippen molar-refractivity contribution >= 4 is 5.97 Å². The van der Waals surface area contributed by atoms with Crippen molar-refractivity contribution < 1.29 is 18.3 Å². The highest BCUT2D eigenvalue weighted by molar-refractivity contribution is 5.73. The second kappa shape index (κ2) is 6.75. The fraction of sp³-hybridized carbons (Fsp3) is 0.417. The minimum absolute atomic E-state index is 0.0270. The molecule has 1 aromatic rings. The van der Waals surface area contributed by atoms with Crippen LogP contribution in [0.2, 0.25) is 0 Å². The van der Waals surface area contributed by atoms with E-state index in [-0.39, 0.29) is 36.3 Å². The summed E-state index contributed by atoms with van der Waals surface area (Å²) in [4.78, 5) is 14.9. The molecule has 1 rings (SSSR count). The quantitative estimate of drug-likeness (QED) is 0.817. The minimum Gasteiger partial charge on any atom is -0.466 e. The molecule has 0 atom stereocenters. The Morgan fingerprint density at radius 1 is 1.63 bits per heavy atom. The minimum atomic E-state index is -2.82. The van der Waals surface area contributed by atoms with Crippen molar-refractivity contribution in [2.24, 2.45) is 5.73 Å². The van der Waals surface area contributed by atoms with Gasteiger partial charge in [-0.25, -0.2) is 8.78 Å². The molecule has 0 spiro atoms. The van der Waals surface area contributed by atoms with Crippen molar-refractivity contribution in [2.75, 3.05) is 6.61 Å². The van der Waals surface area contributed by atoms with Crippen LogP contribution in [-0.2, 0) is 22.5 Å². The summed E-state index contributed by atoms with van der Waals surface area (Å²) in [7, 11) is 0. The molecule has 102 valence electrons. The monoisotopic (exact) mass is 269 g/mol. The Kier molecular flexibility index (Phi) is 5.33. The number of hydrogen-bond acceptors (Lipinski definition) is 5. The first-order valence-electron chi connectivity index (χ1n) is 5.59. The van der Waals surface area contributed by atoms with Crippen LogP contribution in [0.15, 0.2) is 6.20 Å². The first-order chi connectivity index (χ1) is 9.04. The number of ether oxygens (including phenoxy) is 1. The number of carbonyl (C=O) groups is 1. The van der Waals surface area contributed by atoms with Gasteiger partial charge in [-0.3, -0.25) is 9.78 Å². The molecular formula is C12H13F2N3O2. The van der Waals surface area contributed by atoms with Gasteiger partial charge >= 0.3 is 5.97 Å². The van der Waals surface area contributed by atoms with Crippen LogP contribution in [0.25, 0.3) is 0 Å². The van der Waals surface area contributed by atoms with Gasteiger partial charge in [0.2, 0.25) is 0 Å². The number of rotatable bonds is 5. The second-order valence-corrected chi connectivity index (χ2v) is 3.62. The van der Waals surface area contributed by atoms with Gasteiger partial charge in [0.1, 0.15) is 5.69 Å². The lowest BCUT2D eigenvalue weighted by atomic mass is 10.00. The molecule has 0 radical (unpaired) electrons. The molecule has 1 aromatic heterocycles. The average molecular weight is 269 g/mol. The molecule has 0 aliphatic carbocycles. The van der Waals surface area contributed by atoms with E-state index in [0.29, 0.717) is 0 Å². The summed E-state index contributed by atoms with van der Waals surface area (Å²) in [6, 6.07) is 1.80. The fourth-order valence-corrected chi connectivity index (χ4v) is 1.65. The number of alkyl halides is 2. The lowest BCUT2D eigenvalue weighted by Crippen LogP contribution is -2.14. The molecule has 0 saturated carbocycles. The maximum absolute atomic E-state index is 12.7. The van der Waals surface area contributed by atoms with Crippen molar-refractivity contribution in [3.05, 3.63) is 28.6 Å². The molecule has 5 nitrogen and oxygen atoms in total. The molecule has 0 aliphatic heterocycles. The highest BCUT2D eigenvalue weighted by atomic mass is 19.3. The van der Waals surface area contributed by atoms with Crippen molar-refractivity contribution in [1.29, 1.82) is 5.26 Å². The standard InChI is InChI=1S/C12H13F2N3O2/c1-2-19-10(18)3-7-6-17-11(12(13)14)9(5-16)8(7)4-15/h6,12H,2-3,5,16H2,1H3. The molecule has 7 heteroatoms. The van der Waals surface area contributed by atoms with E-state index in [4.69, 9.17) is 15.7 Å². The maximum Gasteiger partial charge on any atom is 0.310 e. The summed E-state index contributed by atoms with van der Waals surface area (Å²) in [6.45, 7) is 1.60. The third-order valence-electron chi connectivity index (χ3n) is 2.45. The molecule has 0 bridgehead atoms. The normalized spacial score (nSPS) is 10.3. The number of hydrogen-bond donors (Lipinski definition) is 1. The van der Waals surface area contributed by atoms with E-state index in [0.717, 1.165) is 6.20 Å². The Bertz CT molecular complexity index is 512. The van der Waals surface area contributed by atoms with E-state index < -0.39 is 18.1 Å². The molecule has 0 unspecified atom stereocenters. The van der Waals surface area contributed by atoms with E-state index in [1.54, 1.807) is 13.0 Å². The SMILES string of the molecule is CCOC(=O)Cc1cnc(C(F)F)c(CN)c1C#N. The smallest absolute Gasteiger partial charge is 0.310 e. The molecule has 1 heterocycles. The topological polar surface area (TPSA) is 89.0 Å². The van der Waals surface area contributed by atoms with Crippen molar-refractivity contribution in [3.8, 4) is 6.07 Å². The highest BCUT2D eigenvalue weighted by Gasteiger charge is 2.21. The Balaban J connectivity index is 3.21. The van der Waals surface area contributed by atoms with Gasteiger partial charge in [-0.15, -0.1) is 0 Å². The van der Waals surface area contributed by atoms with Crippen LogP contribution in [0.5, 0.6) is 0 Å². The van der Waals surface area contributed by atoms with E-state index in [9.17, 15) is 13.6 Å². The van der Waals surface area contributed by atoms with E-state index >= 15 is 0 Å². The molecular weight excluding hydrogens is 256 g/mol. The summed E-state index contributed by atoms with van der Waals surface area (Å²) in [5, 5.41) is 9.05. The van der Waals surface area contributed by atoms with E-state index in [1.165, 1.54) is 0 Å². The van der Waals surface area contributed by atoms with Crippen LogP contribution in [0.3, 0.4) is 0 Å². The zero-order valence-corrected chi connectivity index (χ0v) is 10.3. The van der Waals surface area contributed by atoms with E-state index in [2.05, 4.69) is 4.98 Å². The van der Waals surface area contributed by atoms with Gasteiger partial charge in [-0.1, -0.05) is 0 Å². The number of aromatic nitrogens is 1. The Morgan fingerprint density at radius 3 is 2.79 bits per heavy atom. The summed E-state index contributed by atoms with van der Waals surface area (Å²) < 4.78 is 30.2. The third-order valence-corrected chi connectivity index (χ3v) is 2.45. The predicted octanol–water partition coefficient (Wildman–Crippen LogP) is 1.46. The number of esters is 1. The van der Waals surface area contributed by atoms with Crippen LogP contribution in [0, 0.1) is 11.3 Å². The van der Waals surface area contributed by atoms with Gasteiger partial charge in [-0.05, 0) is 12.5 Å². The van der Waals surface area contributed by atoms with E-state index in [1.807, 2.05) is 0 Å². The van der Waals surface area contributed by atoms with Crippen LogP contribution in [0.1, 0.15) is 35.7 Å². The van der Waals surface area contributed by atoms with Crippen LogP contribution >= 0.6 is 0 Å². The van der Waals surface area contributed by atoms with Gasteiger partial charge in [-0.2, -0.15) is 5.26 Å². The van der Waals surface area contributed by atoms with Crippen molar-refractivity contribution in [1.82, 2.24) is 4.98 Å². The highest BCUT2D eigenvalue weighted by Crippen LogP contribution is 2.25. The Labute approximate surface area is 109 Å². The number of nitrogens with zero attached hydrogens (tertiary/aromatic N) is 2. The Morgan fingerprint density at radius 2 is 2.32 bits per heavy atom. The number of carbonyl (C=O) groups excluding carboxylic acids is 1. The molecule has 0 amide bonds. The molecule has 0 fully saturated rings. The van der Waals surface area contributed by atoms with Crippen molar-refractivity contribution in [3.63, 3.8) is 0 Å². The summed E-state index contributed by atoms with van der Waals surface area (Å²) in [6.07, 6.45) is -1.92. The van der Waals surface area contributed by atoms with Gasteiger partial charge in [0, 0.05) is 18.3 Å². The largest absolute Gasteiger partial charge is 0.466 e. The number of pyridine rings is 1. The summed E-state index contributed by atoms with van der Waals surface area (Å²) in [5.41, 5.74) is 5.05. The molecule has 19 heavy (non-hydrogen) atoms. The predicted molar refractivity (Wildman–Crippen MR) is 62.1 cm³/mol. The molecule has 0 aliphatic rings. The fourth-order valence-electron chi connectivity index (χ4n) is 1.65. The van der Waals surface area contributed by atoms with Crippen LogP contribution in [0.4, 0.5) is 8.78 Å². The Hall–Kier alpha value is -2.07. The lowest BCUT2D eigenvalue weighted by molar-refractivity contribution is -0.142. The van der Waals surface area contributed by atoms with Crippen LogP contribution in [-0.4, -0.2) is 17.6 Å². The molecule has 0 aromatic carbocycles. The molecule has 0 saturated heterocycles. The number of nitriles is 1. The summed E-state index contributed by atoms with van der Waals surface area (Å²) in [5.74, 6) is -0.548. The van der Waals surface area contributed by atoms with Crippen LogP contribution < -0.4 is 5.73 Å². The lowest BCUT2D eigenvalue weighted by Gasteiger charge is -2.11. The number of nitrogens with two attached hydrogens (primary N) is 1. The van der Waals surface area contributed by atoms with Gasteiger partial charge < -0.3 is 10.5 Å². The first-order valence-corrected chi connectivity index (χ1v) is 5.59. The van der Waals surface area contributed by atoms with Crippen molar-refractivity contribution in [2.45, 2.75) is 26.3 Å². The first kappa shape index (κ1) is 15.0. The van der Waals surface area contributed by atoms with Gasteiger partial charge in [0.05, 0.1) is 24.7 Å². The number of halogens is 2. The maximum atomic E-state index is 12.7. The zero-order valence-electron chi connectivity index (χ0n) is 10.3. The second-order valence-electron chi connectivity index (χ2n) is 3.62. The van der Waals surface area contributed by atoms with Gasteiger partial charge in [0.25, 0.3) is 6.43 Å². The average Bonchev–Trinajstić information content (AvgIpc) is 2.37.